The van der Waals surface area contributed by atoms with Crippen molar-refractivity contribution in [3.63, 3.8) is 0 Å². The molecular formula is C12H25NO. The first-order chi connectivity index (χ1) is 6.64. The lowest BCUT2D eigenvalue weighted by Crippen LogP contribution is -2.56. The molecule has 0 radical (unpaired) electrons. The van der Waals surface area contributed by atoms with Gasteiger partial charge in [-0.15, -0.1) is 0 Å². The van der Waals surface area contributed by atoms with Crippen LogP contribution < -0.4 is 5.32 Å². The molecule has 0 aliphatic heterocycles. The Kier molecular flexibility index (Phi) is 4.39. The molecule has 0 amide bonds. The second kappa shape index (κ2) is 5.13. The third-order valence-electron chi connectivity index (χ3n) is 3.79. The van der Waals surface area contributed by atoms with Crippen LogP contribution in [-0.4, -0.2) is 23.8 Å². The highest BCUT2D eigenvalue weighted by atomic mass is 16.3. The van der Waals surface area contributed by atoms with Crippen molar-refractivity contribution in [1.82, 2.24) is 5.32 Å². The monoisotopic (exact) mass is 199 g/mol. The zero-order valence-electron chi connectivity index (χ0n) is 9.84. The quantitative estimate of drug-likeness (QED) is 0.727. The highest BCUT2D eigenvalue weighted by Crippen LogP contribution is 2.36. The standard InChI is InChI=1S/C12H25NO/c1-4-7-13-12(9-14)6-5-10(2)8-11(12)3/h10-11,13-14H,4-9H2,1-3H3. The normalized spacial score (nSPS) is 38.6. The predicted octanol–water partition coefficient (Wildman–Crippen LogP) is 2.17. The summed E-state index contributed by atoms with van der Waals surface area (Å²) in [6, 6.07) is 0. The predicted molar refractivity (Wildman–Crippen MR) is 60.3 cm³/mol. The maximum Gasteiger partial charge on any atom is 0.0615 e. The summed E-state index contributed by atoms with van der Waals surface area (Å²) in [5.74, 6) is 1.43. The Morgan fingerprint density at radius 2 is 2.14 bits per heavy atom. The van der Waals surface area contributed by atoms with Gasteiger partial charge in [-0.2, -0.15) is 0 Å². The summed E-state index contributed by atoms with van der Waals surface area (Å²) >= 11 is 0. The van der Waals surface area contributed by atoms with Crippen LogP contribution in [0.25, 0.3) is 0 Å². The van der Waals surface area contributed by atoms with Gasteiger partial charge >= 0.3 is 0 Å². The molecule has 1 aliphatic carbocycles. The summed E-state index contributed by atoms with van der Waals surface area (Å²) in [5, 5.41) is 13.1. The molecule has 14 heavy (non-hydrogen) atoms. The fourth-order valence-corrected chi connectivity index (χ4v) is 2.62. The summed E-state index contributed by atoms with van der Waals surface area (Å²) in [6.07, 6.45) is 4.77. The largest absolute Gasteiger partial charge is 0.394 e. The van der Waals surface area contributed by atoms with Gasteiger partial charge in [0.15, 0.2) is 0 Å². The molecule has 2 heteroatoms. The van der Waals surface area contributed by atoms with Crippen LogP contribution in [0.15, 0.2) is 0 Å². The molecule has 1 rings (SSSR count). The van der Waals surface area contributed by atoms with Gasteiger partial charge in [-0.25, -0.2) is 0 Å². The number of nitrogens with one attached hydrogen (secondary N) is 1. The fourth-order valence-electron chi connectivity index (χ4n) is 2.62. The third-order valence-corrected chi connectivity index (χ3v) is 3.79. The van der Waals surface area contributed by atoms with Crippen LogP contribution in [-0.2, 0) is 0 Å². The van der Waals surface area contributed by atoms with Gasteiger partial charge in [0.05, 0.1) is 6.61 Å². The second-order valence-electron chi connectivity index (χ2n) is 5.02. The van der Waals surface area contributed by atoms with Gasteiger partial charge in [-0.05, 0) is 44.1 Å². The minimum Gasteiger partial charge on any atom is -0.394 e. The highest BCUT2D eigenvalue weighted by Gasteiger charge is 2.38. The van der Waals surface area contributed by atoms with E-state index in [1.165, 1.54) is 12.8 Å². The first kappa shape index (κ1) is 12.0. The molecule has 1 aliphatic rings. The first-order valence-electron chi connectivity index (χ1n) is 6.00. The molecule has 0 aromatic carbocycles. The molecule has 2 nitrogen and oxygen atoms in total. The molecule has 0 spiro atoms. The van der Waals surface area contributed by atoms with Gasteiger partial charge in [-0.1, -0.05) is 20.8 Å². The second-order valence-corrected chi connectivity index (χ2v) is 5.02. The Morgan fingerprint density at radius 1 is 1.43 bits per heavy atom. The fraction of sp³-hybridized carbons (Fsp3) is 1.00. The average molecular weight is 199 g/mol. The van der Waals surface area contributed by atoms with Crippen molar-refractivity contribution >= 4 is 0 Å². The van der Waals surface area contributed by atoms with Crippen LogP contribution in [0.5, 0.6) is 0 Å². The molecule has 1 fully saturated rings. The molecule has 1 saturated carbocycles. The SMILES string of the molecule is CCCNC1(CO)CCC(C)CC1C. The van der Waals surface area contributed by atoms with Crippen LogP contribution in [0, 0.1) is 11.8 Å². The Bertz CT molecular complexity index is 168. The first-order valence-corrected chi connectivity index (χ1v) is 6.00. The Balaban J connectivity index is 2.58. The van der Waals surface area contributed by atoms with E-state index in [9.17, 15) is 5.11 Å². The van der Waals surface area contributed by atoms with Gasteiger partial charge in [0.1, 0.15) is 0 Å². The van der Waals surface area contributed by atoms with Crippen molar-refractivity contribution in [2.75, 3.05) is 13.2 Å². The minimum atomic E-state index is 0.0164. The van der Waals surface area contributed by atoms with Crippen LogP contribution in [0.3, 0.4) is 0 Å². The molecule has 2 N–H and O–H groups in total. The van der Waals surface area contributed by atoms with Gasteiger partial charge in [-0.3, -0.25) is 0 Å². The van der Waals surface area contributed by atoms with E-state index in [0.717, 1.165) is 25.3 Å². The van der Waals surface area contributed by atoms with Crippen molar-refractivity contribution in [3.05, 3.63) is 0 Å². The third kappa shape index (κ3) is 2.48. The van der Waals surface area contributed by atoms with E-state index in [-0.39, 0.29) is 5.54 Å². The van der Waals surface area contributed by atoms with Crippen molar-refractivity contribution < 1.29 is 5.11 Å². The topological polar surface area (TPSA) is 32.3 Å². The van der Waals surface area contributed by atoms with Gasteiger partial charge in [0.2, 0.25) is 0 Å². The van der Waals surface area contributed by atoms with E-state index in [4.69, 9.17) is 0 Å². The molecule has 3 unspecified atom stereocenters. The summed E-state index contributed by atoms with van der Waals surface area (Å²) in [4.78, 5) is 0. The van der Waals surface area contributed by atoms with E-state index in [2.05, 4.69) is 26.1 Å². The molecule has 84 valence electrons. The molecule has 0 aromatic rings. The van der Waals surface area contributed by atoms with Crippen molar-refractivity contribution in [2.24, 2.45) is 11.8 Å². The molecular weight excluding hydrogens is 174 g/mol. The molecule has 0 heterocycles. The summed E-state index contributed by atoms with van der Waals surface area (Å²) in [6.45, 7) is 8.08. The van der Waals surface area contributed by atoms with Crippen molar-refractivity contribution in [2.45, 2.75) is 52.0 Å². The van der Waals surface area contributed by atoms with Crippen LogP contribution in [0.1, 0.15) is 46.5 Å². The zero-order valence-corrected chi connectivity index (χ0v) is 9.84. The van der Waals surface area contributed by atoms with Crippen LogP contribution in [0.2, 0.25) is 0 Å². The van der Waals surface area contributed by atoms with Gasteiger partial charge in [0, 0.05) is 5.54 Å². The van der Waals surface area contributed by atoms with Crippen molar-refractivity contribution in [1.29, 1.82) is 0 Å². The molecule has 0 saturated heterocycles. The lowest BCUT2D eigenvalue weighted by atomic mass is 9.70. The minimum absolute atomic E-state index is 0.0164. The summed E-state index contributed by atoms with van der Waals surface area (Å²) in [7, 11) is 0. The lowest BCUT2D eigenvalue weighted by Gasteiger charge is -2.44. The zero-order chi connectivity index (χ0) is 10.6. The Labute approximate surface area is 88.1 Å². The maximum absolute atomic E-state index is 9.56. The summed E-state index contributed by atoms with van der Waals surface area (Å²) < 4.78 is 0. The van der Waals surface area contributed by atoms with E-state index >= 15 is 0 Å². The maximum atomic E-state index is 9.56. The Hall–Kier alpha value is -0.0800. The van der Waals surface area contributed by atoms with Crippen molar-refractivity contribution in [3.8, 4) is 0 Å². The average Bonchev–Trinajstić information content (AvgIpc) is 2.18. The van der Waals surface area contributed by atoms with E-state index in [1.54, 1.807) is 0 Å². The number of aliphatic hydroxyl groups excluding tert-OH is 1. The number of hydrogen-bond donors (Lipinski definition) is 2. The molecule has 0 bridgehead atoms. The number of hydrogen-bond acceptors (Lipinski definition) is 2. The van der Waals surface area contributed by atoms with E-state index < -0.39 is 0 Å². The smallest absolute Gasteiger partial charge is 0.0615 e. The molecule has 3 atom stereocenters. The summed E-state index contributed by atoms with van der Waals surface area (Å²) in [5.41, 5.74) is 0.0164. The van der Waals surface area contributed by atoms with E-state index in [1.807, 2.05) is 0 Å². The van der Waals surface area contributed by atoms with Crippen LogP contribution in [0.4, 0.5) is 0 Å². The van der Waals surface area contributed by atoms with Crippen LogP contribution >= 0.6 is 0 Å². The highest BCUT2D eigenvalue weighted by molar-refractivity contribution is 4.96. The van der Waals surface area contributed by atoms with E-state index in [0.29, 0.717) is 12.5 Å². The lowest BCUT2D eigenvalue weighted by molar-refractivity contribution is 0.0578. The Morgan fingerprint density at radius 3 is 2.64 bits per heavy atom. The number of rotatable bonds is 4. The number of aliphatic hydroxyl groups is 1. The molecule has 0 aromatic heterocycles. The van der Waals surface area contributed by atoms with Gasteiger partial charge < -0.3 is 10.4 Å². The van der Waals surface area contributed by atoms with Gasteiger partial charge in [0.25, 0.3) is 0 Å².